The Morgan fingerprint density at radius 3 is 2.30 bits per heavy atom. The summed E-state index contributed by atoms with van der Waals surface area (Å²) in [6.45, 7) is 3.63. The van der Waals surface area contributed by atoms with E-state index in [4.69, 9.17) is 0 Å². The zero-order chi connectivity index (χ0) is 14.9. The number of carboxylic acids is 1. The highest BCUT2D eigenvalue weighted by atomic mass is 19.1. The minimum Gasteiger partial charge on any atom is -0.481 e. The Bertz CT molecular complexity index is 517. The second-order valence-electron chi connectivity index (χ2n) is 5.93. The Hall–Kier alpha value is -1.45. The van der Waals surface area contributed by atoms with Crippen molar-refractivity contribution < 1.29 is 18.7 Å². The molecule has 4 heteroatoms. The van der Waals surface area contributed by atoms with Crippen molar-refractivity contribution in [3.8, 4) is 0 Å². The van der Waals surface area contributed by atoms with Crippen molar-refractivity contribution in [3.63, 3.8) is 0 Å². The first-order chi connectivity index (χ1) is 9.40. The maximum absolute atomic E-state index is 14.7. The Morgan fingerprint density at radius 1 is 1.20 bits per heavy atom. The van der Waals surface area contributed by atoms with Crippen LogP contribution in [0.2, 0.25) is 0 Å². The predicted octanol–water partition coefficient (Wildman–Crippen LogP) is 4.37. The summed E-state index contributed by atoms with van der Waals surface area (Å²) >= 11 is 0. The van der Waals surface area contributed by atoms with Crippen LogP contribution in [0.25, 0.3) is 0 Å². The molecular formula is C16H20F2O2. The lowest BCUT2D eigenvalue weighted by Gasteiger charge is -2.34. The van der Waals surface area contributed by atoms with Gasteiger partial charge in [-0.25, -0.2) is 8.78 Å². The first kappa shape index (κ1) is 14.9. The minimum atomic E-state index is -1.41. The quantitative estimate of drug-likeness (QED) is 0.893. The molecule has 0 aromatic heterocycles. The zero-order valence-corrected chi connectivity index (χ0v) is 11.9. The van der Waals surface area contributed by atoms with Gasteiger partial charge in [-0.2, -0.15) is 0 Å². The van der Waals surface area contributed by atoms with Gasteiger partial charge in [0.1, 0.15) is 11.6 Å². The summed E-state index contributed by atoms with van der Waals surface area (Å²) in [6, 6.07) is 2.62. The molecule has 1 aliphatic carbocycles. The Labute approximate surface area is 117 Å². The van der Waals surface area contributed by atoms with Crippen LogP contribution in [0.4, 0.5) is 8.78 Å². The molecule has 2 rings (SSSR count). The van der Waals surface area contributed by atoms with E-state index in [0.29, 0.717) is 31.2 Å². The third kappa shape index (κ3) is 2.32. The normalized spacial score (nSPS) is 18.2. The van der Waals surface area contributed by atoms with Crippen LogP contribution in [0.1, 0.15) is 63.0 Å². The number of rotatable bonds is 3. The largest absolute Gasteiger partial charge is 0.481 e. The van der Waals surface area contributed by atoms with Crippen LogP contribution in [0.15, 0.2) is 12.1 Å². The van der Waals surface area contributed by atoms with E-state index in [1.165, 1.54) is 12.1 Å². The summed E-state index contributed by atoms with van der Waals surface area (Å²) in [5, 5.41) is 9.59. The van der Waals surface area contributed by atoms with Crippen LogP contribution in [0.5, 0.6) is 0 Å². The van der Waals surface area contributed by atoms with Gasteiger partial charge >= 0.3 is 5.97 Å². The topological polar surface area (TPSA) is 37.3 Å². The van der Waals surface area contributed by atoms with E-state index in [2.05, 4.69) is 0 Å². The van der Waals surface area contributed by atoms with Gasteiger partial charge < -0.3 is 5.11 Å². The first-order valence-corrected chi connectivity index (χ1v) is 7.12. The number of benzene rings is 1. The van der Waals surface area contributed by atoms with Crippen molar-refractivity contribution in [2.75, 3.05) is 0 Å². The molecule has 0 amide bonds. The van der Waals surface area contributed by atoms with Gasteiger partial charge in [-0.15, -0.1) is 0 Å². The molecule has 1 aliphatic rings. The van der Waals surface area contributed by atoms with Crippen LogP contribution in [0, 0.1) is 11.6 Å². The summed E-state index contributed by atoms with van der Waals surface area (Å²) in [4.78, 5) is 11.7. The molecule has 20 heavy (non-hydrogen) atoms. The smallest absolute Gasteiger partial charge is 0.314 e. The number of hydrogen-bond acceptors (Lipinski definition) is 1. The molecule has 0 saturated heterocycles. The van der Waals surface area contributed by atoms with Gasteiger partial charge in [-0.05, 0) is 30.4 Å². The molecule has 1 fully saturated rings. The van der Waals surface area contributed by atoms with Gasteiger partial charge in [-0.3, -0.25) is 4.79 Å². The van der Waals surface area contributed by atoms with Gasteiger partial charge in [0.2, 0.25) is 0 Å². The molecule has 0 heterocycles. The van der Waals surface area contributed by atoms with E-state index >= 15 is 0 Å². The van der Waals surface area contributed by atoms with Crippen molar-refractivity contribution in [3.05, 3.63) is 34.9 Å². The summed E-state index contributed by atoms with van der Waals surface area (Å²) in [7, 11) is 0. The summed E-state index contributed by atoms with van der Waals surface area (Å²) in [6.07, 6.45) is 2.91. The molecule has 1 aromatic rings. The molecule has 1 aromatic carbocycles. The van der Waals surface area contributed by atoms with Gasteiger partial charge in [0.05, 0.1) is 5.41 Å². The molecule has 2 nitrogen and oxygen atoms in total. The highest BCUT2D eigenvalue weighted by molar-refractivity contribution is 5.82. The van der Waals surface area contributed by atoms with E-state index in [0.717, 1.165) is 6.42 Å². The molecule has 0 radical (unpaired) electrons. The maximum atomic E-state index is 14.7. The number of halogens is 2. The van der Waals surface area contributed by atoms with Crippen molar-refractivity contribution in [1.82, 2.24) is 0 Å². The molecule has 0 bridgehead atoms. The molecular weight excluding hydrogens is 262 g/mol. The average molecular weight is 282 g/mol. The lowest BCUT2D eigenvalue weighted by atomic mass is 9.68. The first-order valence-electron chi connectivity index (χ1n) is 7.12. The summed E-state index contributed by atoms with van der Waals surface area (Å²) in [5.41, 5.74) is -1.26. The van der Waals surface area contributed by atoms with Crippen LogP contribution in [-0.4, -0.2) is 11.1 Å². The van der Waals surface area contributed by atoms with E-state index in [1.807, 2.05) is 13.8 Å². The average Bonchev–Trinajstić information content (AvgIpc) is 2.39. The van der Waals surface area contributed by atoms with E-state index in [-0.39, 0.29) is 11.5 Å². The second kappa shape index (κ2) is 5.51. The van der Waals surface area contributed by atoms with Crippen LogP contribution < -0.4 is 0 Å². The zero-order valence-electron chi connectivity index (χ0n) is 11.9. The lowest BCUT2D eigenvalue weighted by molar-refractivity contribution is -0.145. The summed E-state index contributed by atoms with van der Waals surface area (Å²) < 4.78 is 28.9. The molecule has 0 atom stereocenters. The molecule has 110 valence electrons. The van der Waals surface area contributed by atoms with Crippen molar-refractivity contribution >= 4 is 5.97 Å². The fraction of sp³-hybridized carbons (Fsp3) is 0.562. The minimum absolute atomic E-state index is 0.108. The third-order valence-corrected chi connectivity index (χ3v) is 4.34. The molecule has 0 spiro atoms. The maximum Gasteiger partial charge on any atom is 0.314 e. The van der Waals surface area contributed by atoms with Crippen LogP contribution >= 0.6 is 0 Å². The van der Waals surface area contributed by atoms with E-state index in [1.54, 1.807) is 0 Å². The molecule has 0 unspecified atom stereocenters. The van der Waals surface area contributed by atoms with Gasteiger partial charge in [0, 0.05) is 5.56 Å². The Balaban J connectivity index is 2.64. The van der Waals surface area contributed by atoms with E-state index in [9.17, 15) is 18.7 Å². The number of carbonyl (C=O) groups is 1. The van der Waals surface area contributed by atoms with Crippen LogP contribution in [-0.2, 0) is 10.2 Å². The van der Waals surface area contributed by atoms with Crippen LogP contribution in [0.3, 0.4) is 0 Å². The number of carboxylic acid groups (broad SMARTS) is 1. The van der Waals surface area contributed by atoms with Gasteiger partial charge in [-0.1, -0.05) is 39.2 Å². The fourth-order valence-electron chi connectivity index (χ4n) is 3.18. The fourth-order valence-corrected chi connectivity index (χ4v) is 3.18. The van der Waals surface area contributed by atoms with Gasteiger partial charge in [0.15, 0.2) is 0 Å². The predicted molar refractivity (Wildman–Crippen MR) is 72.8 cm³/mol. The third-order valence-electron chi connectivity index (χ3n) is 4.34. The standard InChI is InChI=1S/C16H20F2O2/c1-10(2)11-6-7-12(17)13(14(11)18)16(15(19)20)8-4-3-5-9-16/h6-7,10H,3-5,8-9H2,1-2H3,(H,19,20). The van der Waals surface area contributed by atoms with E-state index < -0.39 is 23.0 Å². The van der Waals surface area contributed by atoms with Gasteiger partial charge in [0.25, 0.3) is 0 Å². The monoisotopic (exact) mass is 282 g/mol. The SMILES string of the molecule is CC(C)c1ccc(F)c(C2(C(=O)O)CCCCC2)c1F. The van der Waals surface area contributed by atoms with Crippen molar-refractivity contribution in [1.29, 1.82) is 0 Å². The van der Waals surface area contributed by atoms with Crippen molar-refractivity contribution in [2.24, 2.45) is 0 Å². The highest BCUT2D eigenvalue weighted by Gasteiger charge is 2.45. The molecule has 1 saturated carbocycles. The lowest BCUT2D eigenvalue weighted by Crippen LogP contribution is -2.39. The number of hydrogen-bond donors (Lipinski definition) is 1. The molecule has 1 N–H and O–H groups in total. The second-order valence-corrected chi connectivity index (χ2v) is 5.93. The molecule has 0 aliphatic heterocycles. The summed E-state index contributed by atoms with van der Waals surface area (Å²) in [5.74, 6) is -2.64. The Morgan fingerprint density at radius 2 is 1.80 bits per heavy atom. The number of aliphatic carboxylic acids is 1. The highest BCUT2D eigenvalue weighted by Crippen LogP contribution is 2.43. The van der Waals surface area contributed by atoms with Crippen molar-refractivity contribution in [2.45, 2.75) is 57.3 Å². The Kier molecular flexibility index (Phi) is 4.11.